The Kier molecular flexibility index (Phi) is 2.85. The van der Waals surface area contributed by atoms with Crippen LogP contribution in [0.25, 0.3) is 0 Å². The molecule has 4 rings (SSSR count). The monoisotopic (exact) mass is 301 g/mol. The van der Waals surface area contributed by atoms with Crippen LogP contribution in [-0.4, -0.2) is 31.7 Å². The van der Waals surface area contributed by atoms with Crippen molar-refractivity contribution >= 4 is 29.0 Å². The second kappa shape index (κ2) is 4.73. The minimum atomic E-state index is -0.311. The maximum Gasteiger partial charge on any atom is 0.269 e. The lowest BCUT2D eigenvalue weighted by molar-refractivity contribution is -0.122. The normalized spacial score (nSPS) is 24.2. The molecule has 1 aliphatic heterocycles. The van der Waals surface area contributed by atoms with Gasteiger partial charge in [-0.2, -0.15) is 0 Å². The third kappa shape index (κ3) is 1.90. The minimum absolute atomic E-state index is 0.186. The summed E-state index contributed by atoms with van der Waals surface area (Å²) in [5.74, 6) is 0.321. The number of Topliss-reactive ketones (excluding diaryl/α,β-unsaturated/α-hetero) is 1. The molecule has 6 nitrogen and oxygen atoms in total. The van der Waals surface area contributed by atoms with Gasteiger partial charge in [-0.3, -0.25) is 4.79 Å². The van der Waals surface area contributed by atoms with Crippen LogP contribution in [0, 0.1) is 5.92 Å². The number of rotatable bonds is 1. The van der Waals surface area contributed by atoms with Gasteiger partial charge in [0.15, 0.2) is 0 Å². The number of nitrogens with zero attached hydrogens (tertiary/aromatic N) is 5. The molecule has 1 fully saturated rings. The van der Waals surface area contributed by atoms with Gasteiger partial charge in [-0.15, -0.1) is 0 Å². The van der Waals surface area contributed by atoms with Crippen molar-refractivity contribution in [2.45, 2.75) is 25.3 Å². The van der Waals surface area contributed by atoms with Crippen LogP contribution >= 0.6 is 11.6 Å². The van der Waals surface area contributed by atoms with Gasteiger partial charge in [-0.1, -0.05) is 34.9 Å². The van der Waals surface area contributed by atoms with Gasteiger partial charge in [0.2, 0.25) is 0 Å². The zero-order valence-corrected chi connectivity index (χ0v) is 11.9. The first-order valence-electron chi connectivity index (χ1n) is 6.88. The summed E-state index contributed by atoms with van der Waals surface area (Å²) in [5.41, 5.74) is 1.74. The highest BCUT2D eigenvalue weighted by Gasteiger charge is 2.42. The van der Waals surface area contributed by atoms with Crippen LogP contribution in [0.15, 0.2) is 29.3 Å². The van der Waals surface area contributed by atoms with Crippen molar-refractivity contribution in [1.82, 2.24) is 20.2 Å². The maximum absolute atomic E-state index is 12.4. The van der Waals surface area contributed by atoms with Crippen LogP contribution in [0.3, 0.4) is 0 Å². The van der Waals surface area contributed by atoms with Gasteiger partial charge in [0.25, 0.3) is 5.95 Å². The summed E-state index contributed by atoms with van der Waals surface area (Å²) < 4.78 is 1.61. The quantitative estimate of drug-likeness (QED) is 0.810. The molecule has 1 saturated carbocycles. The lowest BCUT2D eigenvalue weighted by Gasteiger charge is -2.33. The third-order valence-corrected chi connectivity index (χ3v) is 4.43. The summed E-state index contributed by atoms with van der Waals surface area (Å²) in [7, 11) is 0. The molecule has 21 heavy (non-hydrogen) atoms. The average molecular weight is 302 g/mol. The molecule has 2 aromatic rings. The highest BCUT2D eigenvalue weighted by atomic mass is 35.5. The van der Waals surface area contributed by atoms with Crippen molar-refractivity contribution in [2.24, 2.45) is 10.9 Å². The number of hydrogen-bond donors (Lipinski definition) is 0. The standard InChI is InChI=1S/C14H12ClN5O/c15-9-5-2-1-4-8(9)13-12-10(6-3-7-11(12)21)16-14-17-18-19-20(13)14/h1-2,4-5,12-13H,3,6-7H2. The van der Waals surface area contributed by atoms with E-state index in [-0.39, 0.29) is 17.7 Å². The summed E-state index contributed by atoms with van der Waals surface area (Å²) in [6, 6.07) is 7.21. The van der Waals surface area contributed by atoms with Crippen LogP contribution in [0.4, 0.5) is 5.95 Å². The van der Waals surface area contributed by atoms with E-state index in [0.717, 1.165) is 24.1 Å². The van der Waals surface area contributed by atoms with Gasteiger partial charge in [-0.25, -0.2) is 9.67 Å². The van der Waals surface area contributed by atoms with E-state index in [1.54, 1.807) is 4.68 Å². The molecule has 0 N–H and O–H groups in total. The lowest BCUT2D eigenvalue weighted by atomic mass is 9.78. The van der Waals surface area contributed by atoms with Gasteiger partial charge < -0.3 is 0 Å². The minimum Gasteiger partial charge on any atom is -0.299 e. The van der Waals surface area contributed by atoms with Gasteiger partial charge in [-0.05, 0) is 34.9 Å². The number of fused-ring (bicyclic) bond motifs is 2. The van der Waals surface area contributed by atoms with Gasteiger partial charge in [0.05, 0.1) is 12.0 Å². The molecule has 2 unspecified atom stereocenters. The van der Waals surface area contributed by atoms with E-state index in [1.165, 1.54) is 0 Å². The number of carbonyl (C=O) groups is 1. The zero-order chi connectivity index (χ0) is 14.4. The molecule has 0 radical (unpaired) electrons. The number of carbonyl (C=O) groups excluding carboxylic acids is 1. The topological polar surface area (TPSA) is 73.0 Å². The molecular weight excluding hydrogens is 290 g/mol. The molecule has 1 aromatic carbocycles. The van der Waals surface area contributed by atoms with E-state index in [0.29, 0.717) is 17.4 Å². The van der Waals surface area contributed by atoms with Crippen LogP contribution in [0.1, 0.15) is 30.9 Å². The molecule has 0 amide bonds. The Balaban J connectivity index is 1.93. The Morgan fingerprint density at radius 3 is 2.95 bits per heavy atom. The zero-order valence-electron chi connectivity index (χ0n) is 11.1. The van der Waals surface area contributed by atoms with Crippen LogP contribution in [0.2, 0.25) is 5.02 Å². The molecule has 0 bridgehead atoms. The first-order valence-corrected chi connectivity index (χ1v) is 7.26. The smallest absolute Gasteiger partial charge is 0.269 e. The highest BCUT2D eigenvalue weighted by molar-refractivity contribution is 6.31. The Morgan fingerprint density at radius 1 is 1.24 bits per heavy atom. The van der Waals surface area contributed by atoms with Crippen LogP contribution < -0.4 is 0 Å². The van der Waals surface area contributed by atoms with Crippen molar-refractivity contribution in [3.63, 3.8) is 0 Å². The molecule has 0 spiro atoms. The fourth-order valence-electron chi connectivity index (χ4n) is 3.16. The third-order valence-electron chi connectivity index (χ3n) is 4.08. The highest BCUT2D eigenvalue weighted by Crippen LogP contribution is 2.41. The maximum atomic E-state index is 12.4. The predicted molar refractivity (Wildman–Crippen MR) is 76.9 cm³/mol. The van der Waals surface area contributed by atoms with E-state index < -0.39 is 0 Å². The molecule has 1 aliphatic carbocycles. The van der Waals surface area contributed by atoms with Crippen LogP contribution in [0.5, 0.6) is 0 Å². The lowest BCUT2D eigenvalue weighted by Crippen LogP contribution is -2.39. The first kappa shape index (κ1) is 12.6. The largest absolute Gasteiger partial charge is 0.299 e. The second-order valence-electron chi connectivity index (χ2n) is 5.29. The van der Waals surface area contributed by atoms with Gasteiger partial charge in [0, 0.05) is 17.2 Å². The molecule has 106 valence electrons. The number of halogens is 1. The Bertz CT molecular complexity index is 753. The van der Waals surface area contributed by atoms with Crippen molar-refractivity contribution in [3.8, 4) is 0 Å². The predicted octanol–water partition coefficient (Wildman–Crippen LogP) is 2.37. The van der Waals surface area contributed by atoms with Crippen molar-refractivity contribution in [2.75, 3.05) is 0 Å². The number of benzene rings is 1. The van der Waals surface area contributed by atoms with Crippen LogP contribution in [-0.2, 0) is 4.79 Å². The van der Waals surface area contributed by atoms with E-state index in [1.807, 2.05) is 24.3 Å². The number of aromatic nitrogens is 4. The van der Waals surface area contributed by atoms with E-state index in [9.17, 15) is 4.79 Å². The number of ketones is 1. The molecule has 0 saturated heterocycles. The molecular formula is C14H12ClN5O. The Hall–Kier alpha value is -2.08. The van der Waals surface area contributed by atoms with E-state index >= 15 is 0 Å². The molecule has 2 aliphatic rings. The summed E-state index contributed by atoms with van der Waals surface area (Å²) in [4.78, 5) is 16.9. The van der Waals surface area contributed by atoms with E-state index in [4.69, 9.17) is 11.6 Å². The van der Waals surface area contributed by atoms with E-state index in [2.05, 4.69) is 20.5 Å². The van der Waals surface area contributed by atoms with Gasteiger partial charge >= 0.3 is 0 Å². The fraction of sp³-hybridized carbons (Fsp3) is 0.357. The summed E-state index contributed by atoms with van der Waals surface area (Å²) in [6.07, 6.45) is 2.22. The summed E-state index contributed by atoms with van der Waals surface area (Å²) >= 11 is 6.34. The van der Waals surface area contributed by atoms with Gasteiger partial charge in [0.1, 0.15) is 5.78 Å². The molecule has 2 heterocycles. The Morgan fingerprint density at radius 2 is 2.10 bits per heavy atom. The average Bonchev–Trinajstić information content (AvgIpc) is 2.94. The number of tetrazole rings is 1. The SMILES string of the molecule is O=C1CCCC2=Nc3nnnn3C(c3ccccc3Cl)C12. The van der Waals surface area contributed by atoms with Crippen molar-refractivity contribution in [1.29, 1.82) is 0 Å². The molecule has 2 atom stereocenters. The molecule has 1 aromatic heterocycles. The second-order valence-corrected chi connectivity index (χ2v) is 5.70. The fourth-order valence-corrected chi connectivity index (χ4v) is 3.41. The molecule has 7 heteroatoms. The number of hydrogen-bond acceptors (Lipinski definition) is 5. The Labute approximate surface area is 125 Å². The van der Waals surface area contributed by atoms with Crippen molar-refractivity contribution < 1.29 is 4.79 Å². The summed E-state index contributed by atoms with van der Waals surface area (Å²) in [5, 5.41) is 12.3. The number of aliphatic imine (C=N–C) groups is 1. The van der Waals surface area contributed by atoms with Crippen molar-refractivity contribution in [3.05, 3.63) is 34.9 Å². The summed E-state index contributed by atoms with van der Waals surface area (Å²) in [6.45, 7) is 0. The first-order chi connectivity index (χ1) is 10.3.